The number of carbonyl (C=O) groups is 3. The van der Waals surface area contributed by atoms with E-state index in [1.54, 1.807) is 14.2 Å². The molecule has 0 spiro atoms. The molecule has 0 bridgehead atoms. The Kier molecular flexibility index (Phi) is 9.63. The Morgan fingerprint density at radius 1 is 1.07 bits per heavy atom. The summed E-state index contributed by atoms with van der Waals surface area (Å²) in [6.45, 7) is 1.18. The standard InChI is InChI=1S/C17H15NO5S.C2H6O/c1-11(19)23-15-8-7-12(9-14(15)17(21)22)18-16(20)10-24-13-5-3-2-4-6-13;1-3-2/h2-9H,10H2,1H3,(H,18,20)(H,21,22);1-2H3. The number of carbonyl (C=O) groups excluding carboxylic acids is 2. The van der Waals surface area contributed by atoms with E-state index in [0.29, 0.717) is 5.69 Å². The zero-order chi connectivity index (χ0) is 20.2. The molecule has 0 saturated carbocycles. The van der Waals surface area contributed by atoms with Gasteiger partial charge in [-0.3, -0.25) is 9.59 Å². The number of ether oxygens (including phenoxy) is 2. The maximum atomic E-state index is 12.0. The number of carboxylic acids is 1. The number of thioether (sulfide) groups is 1. The second-order valence-electron chi connectivity index (χ2n) is 5.17. The lowest BCUT2D eigenvalue weighted by Gasteiger charge is -2.09. The third-order valence-electron chi connectivity index (χ3n) is 2.86. The van der Waals surface area contributed by atoms with Crippen LogP contribution < -0.4 is 10.1 Å². The molecule has 1 amide bonds. The highest BCUT2D eigenvalue weighted by Gasteiger charge is 2.15. The average molecular weight is 391 g/mol. The molecule has 0 heterocycles. The number of methoxy groups -OCH3 is 1. The first-order valence-electron chi connectivity index (χ1n) is 7.81. The van der Waals surface area contributed by atoms with Crippen molar-refractivity contribution in [2.24, 2.45) is 0 Å². The molecule has 2 aromatic rings. The Labute approximate surface area is 161 Å². The summed E-state index contributed by atoms with van der Waals surface area (Å²) in [6, 6.07) is 13.5. The van der Waals surface area contributed by atoms with Crippen molar-refractivity contribution in [1.29, 1.82) is 0 Å². The largest absolute Gasteiger partial charge is 0.478 e. The van der Waals surface area contributed by atoms with Gasteiger partial charge in [0, 0.05) is 31.7 Å². The summed E-state index contributed by atoms with van der Waals surface area (Å²) in [7, 11) is 3.25. The summed E-state index contributed by atoms with van der Waals surface area (Å²) in [4.78, 5) is 35.2. The van der Waals surface area contributed by atoms with Crippen LogP contribution in [-0.2, 0) is 14.3 Å². The van der Waals surface area contributed by atoms with E-state index < -0.39 is 11.9 Å². The normalized spacial score (nSPS) is 9.59. The highest BCUT2D eigenvalue weighted by atomic mass is 32.2. The topological polar surface area (TPSA) is 102 Å². The number of anilines is 1. The summed E-state index contributed by atoms with van der Waals surface area (Å²) in [5.41, 5.74) is 0.126. The van der Waals surface area contributed by atoms with Crippen LogP contribution in [0.4, 0.5) is 5.69 Å². The first-order valence-corrected chi connectivity index (χ1v) is 8.79. The number of benzene rings is 2. The van der Waals surface area contributed by atoms with Crippen molar-refractivity contribution in [3.63, 3.8) is 0 Å². The number of rotatable bonds is 6. The van der Waals surface area contributed by atoms with Gasteiger partial charge in [0.15, 0.2) is 0 Å². The predicted molar refractivity (Wildman–Crippen MR) is 103 cm³/mol. The Morgan fingerprint density at radius 2 is 1.70 bits per heavy atom. The van der Waals surface area contributed by atoms with Gasteiger partial charge in [0.05, 0.1) is 5.75 Å². The molecule has 0 aliphatic rings. The smallest absolute Gasteiger partial charge is 0.339 e. The fraction of sp³-hybridized carbons (Fsp3) is 0.211. The van der Waals surface area contributed by atoms with Crippen molar-refractivity contribution >= 4 is 35.3 Å². The Morgan fingerprint density at radius 3 is 2.26 bits per heavy atom. The van der Waals surface area contributed by atoms with Crippen LogP contribution >= 0.6 is 11.8 Å². The third-order valence-corrected chi connectivity index (χ3v) is 3.87. The van der Waals surface area contributed by atoms with E-state index in [1.807, 2.05) is 30.3 Å². The number of amides is 1. The van der Waals surface area contributed by atoms with E-state index in [9.17, 15) is 19.5 Å². The first kappa shape index (κ1) is 22.2. The lowest BCUT2D eigenvalue weighted by molar-refractivity contribution is -0.131. The van der Waals surface area contributed by atoms with Crippen molar-refractivity contribution < 1.29 is 29.0 Å². The SMILES string of the molecule is CC(=O)Oc1ccc(NC(=O)CSc2ccccc2)cc1C(=O)O.COC. The second kappa shape index (κ2) is 11.7. The van der Waals surface area contributed by atoms with Gasteiger partial charge in [-0.2, -0.15) is 0 Å². The molecule has 2 N–H and O–H groups in total. The van der Waals surface area contributed by atoms with Crippen molar-refractivity contribution in [3.05, 3.63) is 54.1 Å². The highest BCUT2D eigenvalue weighted by Crippen LogP contribution is 2.24. The van der Waals surface area contributed by atoms with Crippen molar-refractivity contribution in [2.75, 3.05) is 25.3 Å². The monoisotopic (exact) mass is 391 g/mol. The van der Waals surface area contributed by atoms with Crippen LogP contribution in [0.3, 0.4) is 0 Å². The number of esters is 1. The maximum absolute atomic E-state index is 12.0. The molecule has 144 valence electrons. The van der Waals surface area contributed by atoms with Gasteiger partial charge in [0.1, 0.15) is 11.3 Å². The molecule has 0 aliphatic heterocycles. The van der Waals surface area contributed by atoms with E-state index in [-0.39, 0.29) is 23.0 Å². The molecule has 8 heteroatoms. The summed E-state index contributed by atoms with van der Waals surface area (Å²) < 4.78 is 9.09. The van der Waals surface area contributed by atoms with Crippen LogP contribution in [0.25, 0.3) is 0 Å². The number of carboxylic acid groups (broad SMARTS) is 1. The number of hydrogen-bond acceptors (Lipinski definition) is 6. The fourth-order valence-corrected chi connectivity index (χ4v) is 2.60. The molecule has 7 nitrogen and oxygen atoms in total. The Bertz CT molecular complexity index is 779. The molecular formula is C19H21NO6S. The Hall–Kier alpha value is -2.84. The van der Waals surface area contributed by atoms with Crippen LogP contribution in [0.1, 0.15) is 17.3 Å². The maximum Gasteiger partial charge on any atom is 0.339 e. The second-order valence-corrected chi connectivity index (χ2v) is 6.22. The minimum Gasteiger partial charge on any atom is -0.478 e. The van der Waals surface area contributed by atoms with Crippen LogP contribution in [0.2, 0.25) is 0 Å². The summed E-state index contributed by atoms with van der Waals surface area (Å²) in [5, 5.41) is 11.8. The molecule has 27 heavy (non-hydrogen) atoms. The molecule has 0 atom stereocenters. The number of hydrogen-bond donors (Lipinski definition) is 2. The van der Waals surface area contributed by atoms with Gasteiger partial charge in [-0.1, -0.05) is 18.2 Å². The molecule has 0 aliphatic carbocycles. The van der Waals surface area contributed by atoms with Crippen LogP contribution in [0.5, 0.6) is 5.75 Å². The first-order chi connectivity index (χ1) is 12.9. The molecule has 0 fully saturated rings. The summed E-state index contributed by atoms with van der Waals surface area (Å²) in [5.74, 6) is -2.00. The quantitative estimate of drug-likeness (QED) is 0.442. The minimum absolute atomic E-state index is 0.0633. The Balaban J connectivity index is 0.00000114. The number of aromatic carboxylic acids is 1. The lowest BCUT2D eigenvalue weighted by atomic mass is 10.1. The zero-order valence-corrected chi connectivity index (χ0v) is 16.0. The third kappa shape index (κ3) is 8.39. The van der Waals surface area contributed by atoms with Gasteiger partial charge in [-0.05, 0) is 30.3 Å². The molecule has 0 unspecified atom stereocenters. The summed E-state index contributed by atoms with van der Waals surface area (Å²) in [6.07, 6.45) is 0. The van der Waals surface area contributed by atoms with Crippen LogP contribution in [0, 0.1) is 0 Å². The predicted octanol–water partition coefficient (Wildman–Crippen LogP) is 3.30. The van der Waals surface area contributed by atoms with Gasteiger partial charge < -0.3 is 19.9 Å². The van der Waals surface area contributed by atoms with Gasteiger partial charge in [0.2, 0.25) is 5.91 Å². The molecule has 0 saturated heterocycles. The van der Waals surface area contributed by atoms with E-state index in [4.69, 9.17) is 4.74 Å². The average Bonchev–Trinajstić information content (AvgIpc) is 2.62. The molecule has 2 rings (SSSR count). The lowest BCUT2D eigenvalue weighted by Crippen LogP contribution is -2.15. The molecular weight excluding hydrogens is 370 g/mol. The van der Waals surface area contributed by atoms with Gasteiger partial charge >= 0.3 is 11.9 Å². The van der Waals surface area contributed by atoms with E-state index in [2.05, 4.69) is 10.1 Å². The van der Waals surface area contributed by atoms with E-state index in [0.717, 1.165) is 4.90 Å². The fourth-order valence-electron chi connectivity index (χ4n) is 1.88. The van der Waals surface area contributed by atoms with Gasteiger partial charge in [0.25, 0.3) is 0 Å². The van der Waals surface area contributed by atoms with Crippen molar-refractivity contribution in [1.82, 2.24) is 0 Å². The number of nitrogens with one attached hydrogen (secondary N) is 1. The molecule has 0 radical (unpaired) electrons. The van der Waals surface area contributed by atoms with Crippen LogP contribution in [-0.4, -0.2) is 42.9 Å². The molecule has 0 aromatic heterocycles. The van der Waals surface area contributed by atoms with Gasteiger partial charge in [-0.15, -0.1) is 11.8 Å². The van der Waals surface area contributed by atoms with Crippen molar-refractivity contribution in [2.45, 2.75) is 11.8 Å². The van der Waals surface area contributed by atoms with E-state index in [1.165, 1.54) is 36.9 Å². The highest BCUT2D eigenvalue weighted by molar-refractivity contribution is 8.00. The minimum atomic E-state index is -1.25. The van der Waals surface area contributed by atoms with Crippen LogP contribution in [0.15, 0.2) is 53.4 Å². The molecule has 2 aromatic carbocycles. The van der Waals surface area contributed by atoms with Crippen molar-refractivity contribution in [3.8, 4) is 5.75 Å². The summed E-state index contributed by atoms with van der Waals surface area (Å²) >= 11 is 1.37. The van der Waals surface area contributed by atoms with Gasteiger partial charge in [-0.25, -0.2) is 4.79 Å². The zero-order valence-electron chi connectivity index (χ0n) is 15.2. The van der Waals surface area contributed by atoms with E-state index >= 15 is 0 Å².